The van der Waals surface area contributed by atoms with Gasteiger partial charge >= 0.3 is 6.18 Å². The fourth-order valence-electron chi connectivity index (χ4n) is 1.56. The second-order valence-electron chi connectivity index (χ2n) is 3.64. The van der Waals surface area contributed by atoms with E-state index in [1.54, 1.807) is 0 Å². The van der Waals surface area contributed by atoms with Crippen LogP contribution in [0.25, 0.3) is 0 Å². The van der Waals surface area contributed by atoms with E-state index in [4.69, 9.17) is 0 Å². The molecule has 1 rings (SSSR count). The van der Waals surface area contributed by atoms with Gasteiger partial charge in [-0.3, -0.25) is 0 Å². The Morgan fingerprint density at radius 3 is 2.71 bits per heavy atom. The van der Waals surface area contributed by atoms with Gasteiger partial charge in [0, 0.05) is 12.5 Å². The first-order valence-electron chi connectivity index (χ1n) is 5.05. The Labute approximate surface area is 82.4 Å². The third kappa shape index (κ3) is 5.27. The molecular weight excluding hydrogens is 191 g/mol. The van der Waals surface area contributed by atoms with Crippen molar-refractivity contribution in [3.8, 4) is 0 Å². The zero-order valence-corrected chi connectivity index (χ0v) is 8.11. The fraction of sp³-hybridized carbons (Fsp3) is 0.800. The van der Waals surface area contributed by atoms with Crippen molar-refractivity contribution >= 4 is 0 Å². The lowest BCUT2D eigenvalue weighted by atomic mass is 10.0. The van der Waals surface area contributed by atoms with Crippen LogP contribution in [0, 0.1) is 0 Å². The summed E-state index contributed by atoms with van der Waals surface area (Å²) >= 11 is 0. The molecule has 14 heavy (non-hydrogen) atoms. The summed E-state index contributed by atoms with van der Waals surface area (Å²) in [6.45, 7) is 0.453. The summed E-state index contributed by atoms with van der Waals surface area (Å²) < 4.78 is 35.3. The van der Waals surface area contributed by atoms with Crippen molar-refractivity contribution in [2.45, 2.75) is 44.3 Å². The van der Waals surface area contributed by atoms with Crippen LogP contribution < -0.4 is 5.32 Å². The lowest BCUT2D eigenvalue weighted by Crippen LogP contribution is -2.29. The normalized spacial score (nSPS) is 22.6. The standard InChI is InChI=1S/C10H16F3N/c11-10(12,13)7-4-8-14-9-5-2-1-3-6-9/h2,5,9,14H,1,3-4,6-8H2. The highest BCUT2D eigenvalue weighted by atomic mass is 19.4. The number of alkyl halides is 3. The van der Waals surface area contributed by atoms with Crippen LogP contribution in [0.3, 0.4) is 0 Å². The molecule has 1 aliphatic rings. The van der Waals surface area contributed by atoms with E-state index < -0.39 is 12.6 Å². The molecule has 0 amide bonds. The van der Waals surface area contributed by atoms with Gasteiger partial charge in [0.2, 0.25) is 0 Å². The van der Waals surface area contributed by atoms with E-state index in [9.17, 15) is 13.2 Å². The summed E-state index contributed by atoms with van der Waals surface area (Å²) in [7, 11) is 0. The Morgan fingerprint density at radius 1 is 1.36 bits per heavy atom. The molecule has 0 radical (unpaired) electrons. The van der Waals surface area contributed by atoms with Gasteiger partial charge in [-0.15, -0.1) is 0 Å². The molecule has 0 aromatic rings. The van der Waals surface area contributed by atoms with Gasteiger partial charge in [0.1, 0.15) is 0 Å². The quantitative estimate of drug-likeness (QED) is 0.552. The smallest absolute Gasteiger partial charge is 0.311 e. The summed E-state index contributed by atoms with van der Waals surface area (Å²) in [5.74, 6) is 0. The van der Waals surface area contributed by atoms with Crippen molar-refractivity contribution in [2.24, 2.45) is 0 Å². The molecule has 0 bridgehead atoms. The summed E-state index contributed by atoms with van der Waals surface area (Å²) in [5.41, 5.74) is 0. The van der Waals surface area contributed by atoms with Crippen LogP contribution in [-0.4, -0.2) is 18.8 Å². The molecular formula is C10H16F3N. The lowest BCUT2D eigenvalue weighted by Gasteiger charge is -2.18. The fourth-order valence-corrected chi connectivity index (χ4v) is 1.56. The number of rotatable bonds is 4. The molecule has 1 nitrogen and oxygen atoms in total. The third-order valence-corrected chi connectivity index (χ3v) is 2.30. The minimum atomic E-state index is -4.01. The molecule has 1 aliphatic carbocycles. The highest BCUT2D eigenvalue weighted by Gasteiger charge is 2.25. The van der Waals surface area contributed by atoms with Crippen LogP contribution in [0.4, 0.5) is 13.2 Å². The molecule has 1 unspecified atom stereocenters. The molecule has 0 heterocycles. The van der Waals surface area contributed by atoms with Crippen LogP contribution in [0.15, 0.2) is 12.2 Å². The average molecular weight is 207 g/mol. The molecule has 0 aromatic heterocycles. The topological polar surface area (TPSA) is 12.0 Å². The average Bonchev–Trinajstić information content (AvgIpc) is 2.13. The molecule has 0 aliphatic heterocycles. The Morgan fingerprint density at radius 2 is 2.14 bits per heavy atom. The van der Waals surface area contributed by atoms with Crippen molar-refractivity contribution in [3.05, 3.63) is 12.2 Å². The van der Waals surface area contributed by atoms with Gasteiger partial charge in [0.05, 0.1) is 0 Å². The molecule has 82 valence electrons. The summed E-state index contributed by atoms with van der Waals surface area (Å²) in [6, 6.07) is 0.289. The van der Waals surface area contributed by atoms with E-state index in [-0.39, 0.29) is 12.5 Å². The van der Waals surface area contributed by atoms with Gasteiger partial charge < -0.3 is 5.32 Å². The van der Waals surface area contributed by atoms with E-state index >= 15 is 0 Å². The molecule has 0 saturated heterocycles. The maximum atomic E-state index is 11.8. The minimum Gasteiger partial charge on any atom is -0.311 e. The summed E-state index contributed by atoms with van der Waals surface area (Å²) in [5, 5.41) is 3.11. The van der Waals surface area contributed by atoms with Crippen LogP contribution in [-0.2, 0) is 0 Å². The van der Waals surface area contributed by atoms with Gasteiger partial charge in [-0.25, -0.2) is 0 Å². The van der Waals surface area contributed by atoms with Crippen molar-refractivity contribution < 1.29 is 13.2 Å². The largest absolute Gasteiger partial charge is 0.389 e. The van der Waals surface area contributed by atoms with Crippen LogP contribution in [0.1, 0.15) is 32.1 Å². The maximum Gasteiger partial charge on any atom is 0.389 e. The van der Waals surface area contributed by atoms with Crippen molar-refractivity contribution in [3.63, 3.8) is 0 Å². The second kappa shape index (κ2) is 5.39. The van der Waals surface area contributed by atoms with Crippen LogP contribution in [0.5, 0.6) is 0 Å². The molecule has 0 spiro atoms. The van der Waals surface area contributed by atoms with Gasteiger partial charge in [0.15, 0.2) is 0 Å². The van der Waals surface area contributed by atoms with Crippen molar-refractivity contribution in [2.75, 3.05) is 6.54 Å². The highest BCUT2D eigenvalue weighted by molar-refractivity contribution is 4.97. The lowest BCUT2D eigenvalue weighted by molar-refractivity contribution is -0.135. The first-order valence-corrected chi connectivity index (χ1v) is 5.05. The number of nitrogens with one attached hydrogen (secondary N) is 1. The van der Waals surface area contributed by atoms with E-state index in [2.05, 4.69) is 17.5 Å². The Balaban J connectivity index is 2.03. The van der Waals surface area contributed by atoms with Crippen molar-refractivity contribution in [1.82, 2.24) is 5.32 Å². The van der Waals surface area contributed by atoms with Gasteiger partial charge in [0.25, 0.3) is 0 Å². The van der Waals surface area contributed by atoms with E-state index in [1.165, 1.54) is 0 Å². The Kier molecular flexibility index (Phi) is 4.45. The number of allylic oxidation sites excluding steroid dienone is 1. The van der Waals surface area contributed by atoms with E-state index in [1.807, 2.05) is 0 Å². The van der Waals surface area contributed by atoms with E-state index in [0.717, 1.165) is 19.3 Å². The predicted molar refractivity (Wildman–Crippen MR) is 50.1 cm³/mol. The molecule has 1 N–H and O–H groups in total. The number of hydrogen-bond acceptors (Lipinski definition) is 1. The Bertz CT molecular complexity index is 186. The van der Waals surface area contributed by atoms with Crippen molar-refractivity contribution in [1.29, 1.82) is 0 Å². The molecule has 0 saturated carbocycles. The van der Waals surface area contributed by atoms with Crippen LogP contribution >= 0.6 is 0 Å². The Hall–Kier alpha value is -0.510. The predicted octanol–water partition coefficient (Wildman–Crippen LogP) is 3.03. The zero-order chi connectivity index (χ0) is 10.4. The molecule has 1 atom stereocenters. The molecule has 4 heteroatoms. The van der Waals surface area contributed by atoms with Gasteiger partial charge in [-0.2, -0.15) is 13.2 Å². The third-order valence-electron chi connectivity index (χ3n) is 2.30. The van der Waals surface area contributed by atoms with E-state index in [0.29, 0.717) is 6.54 Å². The second-order valence-corrected chi connectivity index (χ2v) is 3.64. The number of hydrogen-bond donors (Lipinski definition) is 1. The first kappa shape index (κ1) is 11.6. The molecule has 0 aromatic carbocycles. The summed E-state index contributed by atoms with van der Waals surface area (Å²) in [4.78, 5) is 0. The van der Waals surface area contributed by atoms with Gasteiger partial charge in [-0.05, 0) is 32.2 Å². The summed E-state index contributed by atoms with van der Waals surface area (Å²) in [6.07, 6.45) is 2.90. The number of halogens is 3. The first-order chi connectivity index (χ1) is 6.58. The molecule has 0 fully saturated rings. The monoisotopic (exact) mass is 207 g/mol. The maximum absolute atomic E-state index is 11.8. The SMILES string of the molecule is FC(F)(F)CCCNC1C=CCCC1. The van der Waals surface area contributed by atoms with Gasteiger partial charge in [-0.1, -0.05) is 12.2 Å². The minimum absolute atomic E-state index is 0.174. The zero-order valence-electron chi connectivity index (χ0n) is 8.11. The van der Waals surface area contributed by atoms with Crippen LogP contribution in [0.2, 0.25) is 0 Å². The highest BCUT2D eigenvalue weighted by Crippen LogP contribution is 2.20.